The van der Waals surface area contributed by atoms with E-state index in [0.717, 1.165) is 37.1 Å². The number of rotatable bonds is 7. The van der Waals surface area contributed by atoms with Crippen molar-refractivity contribution >= 4 is 11.3 Å². The molecule has 160 valence electrons. The predicted molar refractivity (Wildman–Crippen MR) is 119 cm³/mol. The first-order valence-corrected chi connectivity index (χ1v) is 11.3. The Balaban J connectivity index is 1.52. The van der Waals surface area contributed by atoms with Gasteiger partial charge in [-0.1, -0.05) is 43.3 Å². The maximum Gasteiger partial charge on any atom is 0.294 e. The molecule has 1 saturated carbocycles. The number of nitrogens with zero attached hydrogens (tertiary/aromatic N) is 3. The first-order valence-electron chi connectivity index (χ1n) is 10.5. The molecule has 1 aromatic carbocycles. The summed E-state index contributed by atoms with van der Waals surface area (Å²) in [5.41, 5.74) is 2.54. The lowest BCUT2D eigenvalue weighted by Gasteiger charge is -2.43. The maximum absolute atomic E-state index is 10.5. The first-order chi connectivity index (χ1) is 14.5. The normalized spacial score (nSPS) is 24.1. The molecule has 30 heavy (non-hydrogen) atoms. The van der Waals surface area contributed by atoms with Crippen LogP contribution in [0.4, 0.5) is 0 Å². The van der Waals surface area contributed by atoms with Crippen molar-refractivity contribution in [2.24, 2.45) is 11.3 Å². The van der Waals surface area contributed by atoms with Crippen LogP contribution in [0.5, 0.6) is 10.9 Å². The molecular weight excluding hydrogens is 398 g/mol. The minimum atomic E-state index is 0.0722. The summed E-state index contributed by atoms with van der Waals surface area (Å²) in [6, 6.07) is 5.52. The highest BCUT2D eigenvalue weighted by molar-refractivity contribution is 7.16. The number of hydrogen-bond acceptors (Lipinski definition) is 7. The van der Waals surface area contributed by atoms with Crippen molar-refractivity contribution in [1.29, 1.82) is 0 Å². The molecule has 8 heteroatoms. The fourth-order valence-electron chi connectivity index (χ4n) is 4.10. The van der Waals surface area contributed by atoms with Crippen molar-refractivity contribution in [2.75, 3.05) is 13.1 Å². The number of phenolic OH excluding ortho intramolecular Hbond substituents is 1. The van der Waals surface area contributed by atoms with Crippen LogP contribution in [-0.2, 0) is 0 Å². The summed E-state index contributed by atoms with van der Waals surface area (Å²) in [6.45, 7) is 8.60. The van der Waals surface area contributed by atoms with Gasteiger partial charge in [-0.25, -0.2) is 0 Å². The fraction of sp³-hybridized carbons (Fsp3) is 0.500. The van der Waals surface area contributed by atoms with Crippen molar-refractivity contribution in [3.63, 3.8) is 0 Å². The molecule has 0 aliphatic heterocycles. The molecule has 3 N–H and O–H groups in total. The predicted octanol–water partition coefficient (Wildman–Crippen LogP) is 4.48. The quantitative estimate of drug-likeness (QED) is 0.514. The average Bonchev–Trinajstić information content (AvgIpc) is 3.42. The van der Waals surface area contributed by atoms with Gasteiger partial charge in [0.15, 0.2) is 5.01 Å². The molecule has 0 bridgehead atoms. The Kier molecular flexibility index (Phi) is 6.06. The van der Waals surface area contributed by atoms with Crippen molar-refractivity contribution in [1.82, 2.24) is 25.7 Å². The van der Waals surface area contributed by atoms with E-state index in [1.165, 1.54) is 17.8 Å². The van der Waals surface area contributed by atoms with E-state index in [2.05, 4.69) is 46.5 Å². The largest absolute Gasteiger partial charge is 0.507 e. The van der Waals surface area contributed by atoms with Crippen molar-refractivity contribution in [2.45, 2.75) is 46.1 Å². The number of aromatic amines is 1. The summed E-state index contributed by atoms with van der Waals surface area (Å²) < 4.78 is 6.37. The lowest BCUT2D eigenvalue weighted by atomic mass is 9.70. The minimum absolute atomic E-state index is 0.0722. The lowest BCUT2D eigenvalue weighted by molar-refractivity contribution is 0.00228. The van der Waals surface area contributed by atoms with Crippen LogP contribution in [0.2, 0.25) is 0 Å². The van der Waals surface area contributed by atoms with Crippen molar-refractivity contribution in [3.05, 3.63) is 30.6 Å². The topological polar surface area (TPSA) is 96.0 Å². The lowest BCUT2D eigenvalue weighted by Crippen LogP contribution is -2.48. The van der Waals surface area contributed by atoms with Crippen LogP contribution in [0, 0.1) is 11.3 Å². The number of ether oxygens (including phenoxy) is 1. The van der Waals surface area contributed by atoms with Gasteiger partial charge in [0.1, 0.15) is 11.9 Å². The molecule has 0 unspecified atom stereocenters. The number of aromatic hydroxyl groups is 1. The standard InChI is InChI=1S/C22H29N5O2S/c1-4-23-13-22(3)8-7-14(2)9-19(22)29-21-27-26-20(30-21)17-6-5-15(10-18(17)28)16-11-24-25-12-16/h5-6,10-12,14,19,23,28H,4,7-9,13H2,1-3H3,(H,24,25)/t14-,19+,22-/m0/s1. The zero-order chi connectivity index (χ0) is 21.1. The Bertz CT molecular complexity index is 970. The van der Waals surface area contributed by atoms with Gasteiger partial charge in [-0.3, -0.25) is 5.10 Å². The highest BCUT2D eigenvalue weighted by Gasteiger charge is 2.40. The molecule has 1 fully saturated rings. The summed E-state index contributed by atoms with van der Waals surface area (Å²) in [7, 11) is 0. The SMILES string of the molecule is CCNC[C@]1(C)CC[C@H](C)C[C@H]1Oc1nnc(-c2ccc(-c3cn[nH]c3)cc2O)s1. The smallest absolute Gasteiger partial charge is 0.294 e. The van der Waals surface area contributed by atoms with Gasteiger partial charge in [-0.05, 0) is 49.4 Å². The van der Waals surface area contributed by atoms with Crippen LogP contribution in [0.3, 0.4) is 0 Å². The van der Waals surface area contributed by atoms with E-state index in [1.807, 2.05) is 12.1 Å². The summed E-state index contributed by atoms with van der Waals surface area (Å²) in [4.78, 5) is 0. The van der Waals surface area contributed by atoms with Gasteiger partial charge in [0.25, 0.3) is 5.19 Å². The summed E-state index contributed by atoms with van der Waals surface area (Å²) in [5, 5.41) is 30.5. The molecule has 0 saturated heterocycles. The van der Waals surface area contributed by atoms with Gasteiger partial charge < -0.3 is 15.2 Å². The number of phenols is 1. The van der Waals surface area contributed by atoms with E-state index in [4.69, 9.17) is 4.74 Å². The molecule has 1 aliphatic carbocycles. The van der Waals surface area contributed by atoms with E-state index in [1.54, 1.807) is 18.5 Å². The molecule has 4 rings (SSSR count). The second-order valence-electron chi connectivity index (χ2n) is 8.51. The van der Waals surface area contributed by atoms with Crippen LogP contribution in [0.25, 0.3) is 21.7 Å². The third kappa shape index (κ3) is 4.34. The molecule has 3 atom stereocenters. The van der Waals surface area contributed by atoms with Crippen molar-refractivity contribution < 1.29 is 9.84 Å². The van der Waals surface area contributed by atoms with Crippen LogP contribution in [0.15, 0.2) is 30.6 Å². The van der Waals surface area contributed by atoms with Gasteiger partial charge in [-0.2, -0.15) is 5.10 Å². The zero-order valence-corrected chi connectivity index (χ0v) is 18.5. The minimum Gasteiger partial charge on any atom is -0.507 e. The van der Waals surface area contributed by atoms with Gasteiger partial charge >= 0.3 is 0 Å². The molecule has 2 aromatic heterocycles. The Morgan fingerprint density at radius 1 is 1.33 bits per heavy atom. The van der Waals surface area contributed by atoms with E-state index in [9.17, 15) is 5.11 Å². The Morgan fingerprint density at radius 3 is 2.93 bits per heavy atom. The molecule has 0 amide bonds. The number of aromatic nitrogens is 4. The summed E-state index contributed by atoms with van der Waals surface area (Å²) in [5.74, 6) is 0.802. The Morgan fingerprint density at radius 2 is 2.20 bits per heavy atom. The second kappa shape index (κ2) is 8.73. The molecule has 0 spiro atoms. The summed E-state index contributed by atoms with van der Waals surface area (Å²) in [6.07, 6.45) is 6.98. The molecule has 1 aliphatic rings. The van der Waals surface area contributed by atoms with Gasteiger partial charge in [0.05, 0.1) is 11.8 Å². The number of benzene rings is 1. The first kappa shape index (κ1) is 20.8. The van der Waals surface area contributed by atoms with Crippen LogP contribution in [0.1, 0.15) is 40.0 Å². The molecular formula is C22H29N5O2S. The average molecular weight is 428 g/mol. The Hall–Kier alpha value is -2.45. The second-order valence-corrected chi connectivity index (χ2v) is 9.45. The molecule has 0 radical (unpaired) electrons. The molecule has 3 aromatic rings. The van der Waals surface area contributed by atoms with Crippen LogP contribution >= 0.6 is 11.3 Å². The van der Waals surface area contributed by atoms with E-state index >= 15 is 0 Å². The van der Waals surface area contributed by atoms with Gasteiger partial charge in [0, 0.05) is 23.7 Å². The third-order valence-electron chi connectivity index (χ3n) is 6.09. The number of nitrogens with one attached hydrogen (secondary N) is 2. The van der Waals surface area contributed by atoms with Crippen molar-refractivity contribution in [3.8, 4) is 32.6 Å². The third-order valence-corrected chi connectivity index (χ3v) is 6.94. The maximum atomic E-state index is 10.5. The van der Waals surface area contributed by atoms with E-state index in [0.29, 0.717) is 21.7 Å². The number of hydrogen-bond donors (Lipinski definition) is 3. The Labute approximate surface area is 180 Å². The summed E-state index contributed by atoms with van der Waals surface area (Å²) >= 11 is 1.38. The fourth-order valence-corrected chi connectivity index (χ4v) is 4.87. The van der Waals surface area contributed by atoms with Crippen LogP contribution < -0.4 is 10.1 Å². The zero-order valence-electron chi connectivity index (χ0n) is 17.7. The monoisotopic (exact) mass is 427 g/mol. The highest BCUT2D eigenvalue weighted by atomic mass is 32.1. The highest BCUT2D eigenvalue weighted by Crippen LogP contribution is 2.42. The molecule has 2 heterocycles. The van der Waals surface area contributed by atoms with Crippen LogP contribution in [-0.4, -0.2) is 44.7 Å². The molecule has 7 nitrogen and oxygen atoms in total. The van der Waals surface area contributed by atoms with Gasteiger partial charge in [-0.15, -0.1) is 5.10 Å². The van der Waals surface area contributed by atoms with Gasteiger partial charge in [0.2, 0.25) is 0 Å². The van der Waals surface area contributed by atoms with E-state index in [-0.39, 0.29) is 17.3 Å². The number of H-pyrrole nitrogens is 1. The van der Waals surface area contributed by atoms with E-state index < -0.39 is 0 Å².